The predicted molar refractivity (Wildman–Crippen MR) is 149 cm³/mol. The van der Waals surface area contributed by atoms with Crippen LogP contribution in [0.3, 0.4) is 0 Å². The van der Waals surface area contributed by atoms with Gasteiger partial charge in [-0.1, -0.05) is 97.1 Å². The first-order valence-corrected chi connectivity index (χ1v) is 12.1. The molecule has 0 radical (unpaired) electrons. The Morgan fingerprint density at radius 2 is 0.889 bits per heavy atom. The Morgan fingerprint density at radius 1 is 0.417 bits per heavy atom. The molecule has 0 aromatic heterocycles. The molecule has 6 aromatic rings. The molecule has 0 bridgehead atoms. The zero-order chi connectivity index (χ0) is 24.3. The molecule has 0 aliphatic carbocycles. The van der Waals surface area contributed by atoms with Gasteiger partial charge in [0.2, 0.25) is 0 Å². The van der Waals surface area contributed by atoms with Crippen molar-refractivity contribution in [1.82, 2.24) is 0 Å². The summed E-state index contributed by atoms with van der Waals surface area (Å²) in [5, 5.41) is 2.42. The summed E-state index contributed by atoms with van der Waals surface area (Å²) in [4.78, 5) is 1.96. The maximum atomic E-state index is 14.9. The van der Waals surface area contributed by atoms with E-state index in [-0.39, 0.29) is 5.82 Å². The predicted octanol–water partition coefficient (Wildman–Crippen LogP) is 9.78. The largest absolute Gasteiger partial charge is 0.308 e. The van der Waals surface area contributed by atoms with Gasteiger partial charge in [0.1, 0.15) is 5.82 Å². The second kappa shape index (κ2) is 9.52. The molecule has 0 saturated carbocycles. The molecule has 0 heterocycles. The molecule has 2 heteroatoms. The Bertz CT molecular complexity index is 1620. The van der Waals surface area contributed by atoms with Gasteiger partial charge in [0, 0.05) is 11.4 Å². The molecule has 36 heavy (non-hydrogen) atoms. The van der Waals surface area contributed by atoms with E-state index in [1.807, 2.05) is 53.4 Å². The zero-order valence-electron chi connectivity index (χ0n) is 19.7. The molecule has 0 amide bonds. The summed E-state index contributed by atoms with van der Waals surface area (Å²) in [5.74, 6) is -0.258. The summed E-state index contributed by atoms with van der Waals surface area (Å²) in [7, 11) is 0. The van der Waals surface area contributed by atoms with Gasteiger partial charge in [0.05, 0.1) is 5.69 Å². The number of rotatable bonds is 5. The fraction of sp³-hybridized carbons (Fsp3) is 0. The maximum Gasteiger partial charge on any atom is 0.147 e. The van der Waals surface area contributed by atoms with Crippen LogP contribution in [0, 0.1) is 5.82 Å². The molecule has 172 valence electrons. The standard InChI is InChI=1S/C34H24FN/c35-33-17-9-10-18-34(33)36(29-15-5-2-6-16-29)30-21-19-26(20-22-30)32-24-28-14-8-7-13-27(28)23-31(32)25-11-3-1-4-12-25/h1-24H. The van der Waals surface area contributed by atoms with Crippen molar-refractivity contribution in [3.8, 4) is 22.3 Å². The van der Waals surface area contributed by atoms with E-state index in [1.54, 1.807) is 6.07 Å². The van der Waals surface area contributed by atoms with Gasteiger partial charge in [-0.3, -0.25) is 0 Å². The number of nitrogens with zero attached hydrogens (tertiary/aromatic N) is 1. The quantitative estimate of drug-likeness (QED) is 0.245. The topological polar surface area (TPSA) is 3.24 Å². The average Bonchev–Trinajstić information content (AvgIpc) is 2.95. The van der Waals surface area contributed by atoms with Gasteiger partial charge < -0.3 is 4.90 Å². The lowest BCUT2D eigenvalue weighted by molar-refractivity contribution is 0.629. The monoisotopic (exact) mass is 465 g/mol. The zero-order valence-corrected chi connectivity index (χ0v) is 19.7. The van der Waals surface area contributed by atoms with Crippen LogP contribution in [0.15, 0.2) is 146 Å². The summed E-state index contributed by atoms with van der Waals surface area (Å²) in [6.07, 6.45) is 0. The highest BCUT2D eigenvalue weighted by Gasteiger charge is 2.16. The molecule has 0 unspecified atom stereocenters. The smallest absolute Gasteiger partial charge is 0.147 e. The molecular weight excluding hydrogens is 441 g/mol. The summed E-state index contributed by atoms with van der Waals surface area (Å²) < 4.78 is 14.9. The number of hydrogen-bond acceptors (Lipinski definition) is 1. The molecule has 6 aromatic carbocycles. The van der Waals surface area contributed by atoms with Crippen LogP contribution in [0.5, 0.6) is 0 Å². The highest BCUT2D eigenvalue weighted by atomic mass is 19.1. The molecule has 0 aliphatic rings. The van der Waals surface area contributed by atoms with E-state index < -0.39 is 0 Å². The lowest BCUT2D eigenvalue weighted by Gasteiger charge is -2.26. The Morgan fingerprint density at radius 3 is 1.50 bits per heavy atom. The molecule has 0 fully saturated rings. The van der Waals surface area contributed by atoms with Crippen LogP contribution in [0.1, 0.15) is 0 Å². The minimum absolute atomic E-state index is 0.258. The van der Waals surface area contributed by atoms with Crippen LogP contribution >= 0.6 is 0 Å². The van der Waals surface area contributed by atoms with Gasteiger partial charge >= 0.3 is 0 Å². The molecule has 0 atom stereocenters. The summed E-state index contributed by atoms with van der Waals surface area (Å²) in [5.41, 5.74) is 6.99. The van der Waals surface area contributed by atoms with Crippen molar-refractivity contribution in [2.45, 2.75) is 0 Å². The first-order valence-electron chi connectivity index (χ1n) is 12.1. The third-order valence-electron chi connectivity index (χ3n) is 6.51. The number of anilines is 3. The van der Waals surface area contributed by atoms with E-state index in [0.29, 0.717) is 5.69 Å². The van der Waals surface area contributed by atoms with Crippen LogP contribution in [0.4, 0.5) is 21.5 Å². The molecule has 0 aliphatic heterocycles. The van der Waals surface area contributed by atoms with Crippen molar-refractivity contribution < 1.29 is 4.39 Å². The second-order valence-electron chi connectivity index (χ2n) is 8.78. The molecule has 6 rings (SSSR count). The lowest BCUT2D eigenvalue weighted by atomic mass is 9.91. The van der Waals surface area contributed by atoms with E-state index in [4.69, 9.17) is 0 Å². The van der Waals surface area contributed by atoms with Crippen molar-refractivity contribution in [3.63, 3.8) is 0 Å². The van der Waals surface area contributed by atoms with Crippen molar-refractivity contribution in [2.24, 2.45) is 0 Å². The maximum absolute atomic E-state index is 14.9. The fourth-order valence-corrected chi connectivity index (χ4v) is 4.76. The van der Waals surface area contributed by atoms with E-state index in [1.165, 1.54) is 33.5 Å². The van der Waals surface area contributed by atoms with Crippen LogP contribution in [0.25, 0.3) is 33.0 Å². The minimum atomic E-state index is -0.258. The third-order valence-corrected chi connectivity index (χ3v) is 6.51. The van der Waals surface area contributed by atoms with Gasteiger partial charge in [0.15, 0.2) is 0 Å². The van der Waals surface area contributed by atoms with Crippen molar-refractivity contribution in [1.29, 1.82) is 0 Å². The summed E-state index contributed by atoms with van der Waals surface area (Å²) in [6.45, 7) is 0. The Kier molecular flexibility index (Phi) is 5.77. The Hall–Kier alpha value is -4.69. The summed E-state index contributed by atoms with van der Waals surface area (Å²) in [6, 6.07) is 48.7. The molecule has 0 saturated heterocycles. The van der Waals surface area contributed by atoms with Crippen molar-refractivity contribution in [3.05, 3.63) is 151 Å². The van der Waals surface area contributed by atoms with Gasteiger partial charge in [-0.25, -0.2) is 4.39 Å². The third kappa shape index (κ3) is 4.14. The summed E-state index contributed by atoms with van der Waals surface area (Å²) >= 11 is 0. The normalized spacial score (nSPS) is 10.9. The van der Waals surface area contributed by atoms with E-state index in [9.17, 15) is 4.39 Å². The fourth-order valence-electron chi connectivity index (χ4n) is 4.76. The average molecular weight is 466 g/mol. The molecular formula is C34H24FN. The first-order chi connectivity index (χ1) is 17.8. The number of hydrogen-bond donors (Lipinski definition) is 0. The van der Waals surface area contributed by atoms with Crippen molar-refractivity contribution in [2.75, 3.05) is 4.90 Å². The molecule has 0 N–H and O–H groups in total. The SMILES string of the molecule is Fc1ccccc1N(c1ccccc1)c1ccc(-c2cc3ccccc3cc2-c2ccccc2)cc1. The van der Waals surface area contributed by atoms with Crippen LogP contribution in [-0.2, 0) is 0 Å². The van der Waals surface area contributed by atoms with Crippen molar-refractivity contribution >= 4 is 27.8 Å². The molecule has 0 spiro atoms. The number of benzene rings is 6. The minimum Gasteiger partial charge on any atom is -0.308 e. The Balaban J connectivity index is 1.49. The van der Waals surface area contributed by atoms with Crippen LogP contribution in [0.2, 0.25) is 0 Å². The van der Waals surface area contributed by atoms with E-state index in [0.717, 1.165) is 16.9 Å². The van der Waals surface area contributed by atoms with Gasteiger partial charge in [-0.2, -0.15) is 0 Å². The number of halogens is 1. The van der Waals surface area contributed by atoms with Gasteiger partial charge in [-0.05, 0) is 81.6 Å². The second-order valence-corrected chi connectivity index (χ2v) is 8.78. The van der Waals surface area contributed by atoms with E-state index >= 15 is 0 Å². The Labute approximate surface area is 210 Å². The highest BCUT2D eigenvalue weighted by Crippen LogP contribution is 2.39. The van der Waals surface area contributed by atoms with Gasteiger partial charge in [-0.15, -0.1) is 0 Å². The van der Waals surface area contributed by atoms with Gasteiger partial charge in [0.25, 0.3) is 0 Å². The number of para-hydroxylation sites is 2. The van der Waals surface area contributed by atoms with Crippen LogP contribution < -0.4 is 4.90 Å². The number of fused-ring (bicyclic) bond motifs is 1. The molecule has 1 nitrogen and oxygen atoms in total. The van der Waals surface area contributed by atoms with E-state index in [2.05, 4.69) is 84.9 Å². The lowest BCUT2D eigenvalue weighted by Crippen LogP contribution is -2.11. The first kappa shape index (κ1) is 21.8. The highest BCUT2D eigenvalue weighted by molar-refractivity contribution is 5.96. The van der Waals surface area contributed by atoms with Crippen LogP contribution in [-0.4, -0.2) is 0 Å².